The van der Waals surface area contributed by atoms with Gasteiger partial charge < -0.3 is 10.1 Å². The van der Waals surface area contributed by atoms with Gasteiger partial charge in [0.1, 0.15) is 11.4 Å². The Bertz CT molecular complexity index is 873. The number of benzene rings is 1. The molecule has 0 radical (unpaired) electrons. The molecule has 0 bridgehead atoms. The minimum absolute atomic E-state index is 0.113. The molecule has 1 aliphatic carbocycles. The minimum Gasteiger partial charge on any atom is -0.462 e. The number of nitrogens with one attached hydrogen (secondary N) is 1. The number of carbonyl (C=O) groups excluding carboxylic acids is 2. The van der Waals surface area contributed by atoms with E-state index in [1.165, 1.54) is 5.56 Å². The van der Waals surface area contributed by atoms with Gasteiger partial charge in [0, 0.05) is 5.56 Å². The highest BCUT2D eigenvalue weighted by atomic mass is 35.5. The van der Waals surface area contributed by atoms with E-state index >= 15 is 0 Å². The van der Waals surface area contributed by atoms with Crippen LogP contribution in [-0.2, 0) is 9.53 Å². The highest BCUT2D eigenvalue weighted by molar-refractivity contribution is 7.20. The lowest BCUT2D eigenvalue weighted by Crippen LogP contribution is -2.14. The van der Waals surface area contributed by atoms with Crippen molar-refractivity contribution in [3.63, 3.8) is 0 Å². The van der Waals surface area contributed by atoms with Crippen LogP contribution in [0.25, 0.3) is 0 Å². The molecule has 1 aromatic heterocycles. The minimum atomic E-state index is -0.503. The van der Waals surface area contributed by atoms with Gasteiger partial charge in [0.05, 0.1) is 22.6 Å². The zero-order chi connectivity index (χ0) is 18.7. The molecule has 2 unspecified atom stereocenters. The molecule has 0 spiro atoms. The van der Waals surface area contributed by atoms with Crippen molar-refractivity contribution in [3.05, 3.63) is 51.4 Å². The zero-order valence-electron chi connectivity index (χ0n) is 14.1. The van der Waals surface area contributed by atoms with Crippen molar-refractivity contribution < 1.29 is 14.3 Å². The standard InChI is InChI=1S/C19H17ClN2O3S/c1-2-25-19(24)16-15(13-10-12(13)11-6-4-3-5-7-11)17(20)26-18(16)22-14(23)8-9-21/h3-7,12-13H,2,8,10H2,1H3,(H,22,23). The fourth-order valence-electron chi connectivity index (χ4n) is 3.07. The molecular formula is C19H17ClN2O3S. The number of nitrogens with zero attached hydrogens (tertiary/aromatic N) is 1. The zero-order valence-corrected chi connectivity index (χ0v) is 15.7. The Morgan fingerprint density at radius 2 is 2.08 bits per heavy atom. The number of carbonyl (C=O) groups is 2. The van der Waals surface area contributed by atoms with Gasteiger partial charge in [-0.1, -0.05) is 41.9 Å². The molecule has 1 aliphatic rings. The molecule has 1 amide bonds. The topological polar surface area (TPSA) is 79.2 Å². The summed E-state index contributed by atoms with van der Waals surface area (Å²) in [5.74, 6) is -0.573. The number of rotatable bonds is 6. The van der Waals surface area contributed by atoms with Crippen molar-refractivity contribution in [3.8, 4) is 6.07 Å². The Labute approximate surface area is 160 Å². The normalized spacial score (nSPS) is 18.0. The van der Waals surface area contributed by atoms with Gasteiger partial charge in [-0.05, 0) is 30.7 Å². The highest BCUT2D eigenvalue weighted by Gasteiger charge is 2.44. The van der Waals surface area contributed by atoms with Crippen molar-refractivity contribution in [1.82, 2.24) is 0 Å². The maximum Gasteiger partial charge on any atom is 0.341 e. The molecular weight excluding hydrogens is 372 g/mol. The summed E-state index contributed by atoms with van der Waals surface area (Å²) in [4.78, 5) is 24.3. The van der Waals surface area contributed by atoms with Crippen LogP contribution in [0.2, 0.25) is 4.34 Å². The van der Waals surface area contributed by atoms with Crippen molar-refractivity contribution >= 4 is 39.8 Å². The van der Waals surface area contributed by atoms with Crippen molar-refractivity contribution in [2.45, 2.75) is 31.6 Å². The maximum atomic E-state index is 12.5. The molecule has 1 heterocycles. The van der Waals surface area contributed by atoms with E-state index in [9.17, 15) is 9.59 Å². The number of nitriles is 1. The van der Waals surface area contributed by atoms with E-state index in [4.69, 9.17) is 21.6 Å². The number of hydrogen-bond donors (Lipinski definition) is 1. The second-order valence-corrected chi connectivity index (χ2v) is 7.58. The summed E-state index contributed by atoms with van der Waals surface area (Å²) in [5.41, 5.74) is 2.25. The summed E-state index contributed by atoms with van der Waals surface area (Å²) in [6.45, 7) is 1.95. The predicted molar refractivity (Wildman–Crippen MR) is 101 cm³/mol. The SMILES string of the molecule is CCOC(=O)c1c(NC(=O)CC#N)sc(Cl)c1C1CC1c1ccccc1. The lowest BCUT2D eigenvalue weighted by atomic mass is 10.0. The monoisotopic (exact) mass is 388 g/mol. The quantitative estimate of drug-likeness (QED) is 0.727. The van der Waals surface area contributed by atoms with Gasteiger partial charge in [0.25, 0.3) is 0 Å². The van der Waals surface area contributed by atoms with E-state index in [-0.39, 0.29) is 18.9 Å². The van der Waals surface area contributed by atoms with Gasteiger partial charge in [0.2, 0.25) is 5.91 Å². The predicted octanol–water partition coefficient (Wildman–Crippen LogP) is 4.70. The van der Waals surface area contributed by atoms with E-state index in [0.29, 0.717) is 20.8 Å². The Kier molecular flexibility index (Phi) is 5.60. The number of anilines is 1. The first-order chi connectivity index (χ1) is 12.6. The van der Waals surface area contributed by atoms with Crippen molar-refractivity contribution in [1.29, 1.82) is 5.26 Å². The molecule has 0 aliphatic heterocycles. The summed E-state index contributed by atoms with van der Waals surface area (Å²) in [6.07, 6.45) is 0.599. The number of thiophene rings is 1. The van der Waals surface area contributed by atoms with E-state index in [1.807, 2.05) is 18.2 Å². The van der Waals surface area contributed by atoms with Crippen LogP contribution in [0.1, 0.15) is 53.1 Å². The first kappa shape index (κ1) is 18.4. The number of halogens is 1. The molecule has 26 heavy (non-hydrogen) atoms. The van der Waals surface area contributed by atoms with E-state index < -0.39 is 11.9 Å². The molecule has 1 N–H and O–H groups in total. The Hall–Kier alpha value is -2.36. The molecule has 2 atom stereocenters. The molecule has 1 fully saturated rings. The molecule has 134 valence electrons. The third kappa shape index (κ3) is 3.74. The van der Waals surface area contributed by atoms with E-state index in [1.54, 1.807) is 13.0 Å². The van der Waals surface area contributed by atoms with Crippen LogP contribution in [0.15, 0.2) is 30.3 Å². The summed E-state index contributed by atoms with van der Waals surface area (Å²) in [7, 11) is 0. The molecule has 3 rings (SSSR count). The summed E-state index contributed by atoms with van der Waals surface area (Å²) < 4.78 is 5.65. The van der Waals surface area contributed by atoms with Gasteiger partial charge in [-0.25, -0.2) is 4.79 Å². The van der Waals surface area contributed by atoms with Gasteiger partial charge in [-0.15, -0.1) is 11.3 Å². The molecule has 2 aromatic rings. The molecule has 1 aromatic carbocycles. The van der Waals surface area contributed by atoms with E-state index in [0.717, 1.165) is 23.3 Å². The van der Waals surface area contributed by atoms with Crippen LogP contribution in [0, 0.1) is 11.3 Å². The maximum absolute atomic E-state index is 12.5. The Morgan fingerprint density at radius 1 is 1.35 bits per heavy atom. The smallest absolute Gasteiger partial charge is 0.341 e. The third-order valence-corrected chi connectivity index (χ3v) is 5.61. The number of esters is 1. The number of hydrogen-bond acceptors (Lipinski definition) is 5. The third-order valence-electron chi connectivity index (χ3n) is 4.26. The lowest BCUT2D eigenvalue weighted by Gasteiger charge is -2.08. The summed E-state index contributed by atoms with van der Waals surface area (Å²) >= 11 is 7.58. The Balaban J connectivity index is 1.94. The number of ether oxygens (including phenoxy) is 1. The molecule has 0 saturated heterocycles. The van der Waals surface area contributed by atoms with Crippen LogP contribution >= 0.6 is 22.9 Å². The first-order valence-corrected chi connectivity index (χ1v) is 9.47. The fraction of sp³-hybridized carbons (Fsp3) is 0.316. The van der Waals surface area contributed by atoms with Gasteiger partial charge in [0.15, 0.2) is 0 Å². The van der Waals surface area contributed by atoms with Gasteiger partial charge in [-0.3, -0.25) is 4.79 Å². The van der Waals surface area contributed by atoms with Gasteiger partial charge >= 0.3 is 5.97 Å². The molecule has 5 nitrogen and oxygen atoms in total. The van der Waals surface area contributed by atoms with Crippen molar-refractivity contribution in [2.24, 2.45) is 0 Å². The average molecular weight is 389 g/mol. The first-order valence-electron chi connectivity index (χ1n) is 8.27. The Morgan fingerprint density at radius 3 is 2.73 bits per heavy atom. The van der Waals surface area contributed by atoms with Crippen LogP contribution < -0.4 is 5.32 Å². The fourth-order valence-corrected chi connectivity index (χ4v) is 4.54. The second-order valence-electron chi connectivity index (χ2n) is 5.96. The average Bonchev–Trinajstić information content (AvgIpc) is 3.33. The van der Waals surface area contributed by atoms with Crippen molar-refractivity contribution in [2.75, 3.05) is 11.9 Å². The summed E-state index contributed by atoms with van der Waals surface area (Å²) in [5, 5.41) is 11.6. The lowest BCUT2D eigenvalue weighted by molar-refractivity contribution is -0.115. The van der Waals surface area contributed by atoms with Crippen LogP contribution in [-0.4, -0.2) is 18.5 Å². The van der Waals surface area contributed by atoms with Gasteiger partial charge in [-0.2, -0.15) is 5.26 Å². The molecule has 7 heteroatoms. The molecule has 1 saturated carbocycles. The van der Waals surface area contributed by atoms with Crippen LogP contribution in [0.3, 0.4) is 0 Å². The largest absolute Gasteiger partial charge is 0.462 e. The van der Waals surface area contributed by atoms with Crippen LogP contribution in [0.4, 0.5) is 5.00 Å². The van der Waals surface area contributed by atoms with E-state index in [2.05, 4.69) is 17.4 Å². The highest BCUT2D eigenvalue weighted by Crippen LogP contribution is 2.59. The number of amides is 1. The van der Waals surface area contributed by atoms with Crippen LogP contribution in [0.5, 0.6) is 0 Å². The summed E-state index contributed by atoms with van der Waals surface area (Å²) in [6, 6.07) is 11.8. The second kappa shape index (κ2) is 7.90.